The summed E-state index contributed by atoms with van der Waals surface area (Å²) in [5, 5.41) is 11.6. The fraction of sp³-hybridized carbons (Fsp3) is 0.385. The lowest BCUT2D eigenvalue weighted by Gasteiger charge is -2.20. The largest absolute Gasteiger partial charge is 0.478 e. The number of aromatic carboxylic acids is 1. The van der Waals surface area contributed by atoms with Gasteiger partial charge in [0.2, 0.25) is 0 Å². The topological polar surface area (TPSA) is 75.6 Å². The Bertz CT molecular complexity index is 494. The van der Waals surface area contributed by atoms with Gasteiger partial charge < -0.3 is 9.84 Å². The molecule has 1 rings (SSSR count). The highest BCUT2D eigenvalue weighted by Crippen LogP contribution is 2.29. The van der Waals surface area contributed by atoms with Crippen LogP contribution in [0.5, 0.6) is 0 Å². The average Bonchev–Trinajstić information content (AvgIpc) is 2.26. The second-order valence-corrected chi connectivity index (χ2v) is 5.66. The zero-order valence-corrected chi connectivity index (χ0v) is 12.1. The second kappa shape index (κ2) is 5.97. The molecule has 0 atom stereocenters. The summed E-state index contributed by atoms with van der Waals surface area (Å²) in [5.74, 6) is -1.10. The van der Waals surface area contributed by atoms with E-state index in [1.54, 1.807) is 39.2 Å². The van der Waals surface area contributed by atoms with E-state index in [9.17, 15) is 9.59 Å². The van der Waals surface area contributed by atoms with Crippen LogP contribution in [-0.4, -0.2) is 29.0 Å². The van der Waals surface area contributed by atoms with Gasteiger partial charge in [0.25, 0.3) is 0 Å². The third-order valence-corrected chi connectivity index (χ3v) is 2.88. The van der Waals surface area contributed by atoms with E-state index >= 15 is 0 Å². The number of hydrogen-bond donors (Lipinski definition) is 2. The molecular formula is C13H17NO4S. The third-order valence-electron chi connectivity index (χ3n) is 2.10. The summed E-state index contributed by atoms with van der Waals surface area (Å²) in [7, 11) is 0. The van der Waals surface area contributed by atoms with E-state index in [0.29, 0.717) is 4.90 Å². The molecule has 0 aliphatic heterocycles. The molecule has 0 heterocycles. The number of carboxylic acids is 1. The van der Waals surface area contributed by atoms with Crippen molar-refractivity contribution in [1.82, 2.24) is 0 Å². The van der Waals surface area contributed by atoms with Gasteiger partial charge in [-0.25, -0.2) is 9.59 Å². The van der Waals surface area contributed by atoms with Crippen molar-refractivity contribution in [2.24, 2.45) is 0 Å². The maximum Gasteiger partial charge on any atom is 0.412 e. The molecule has 0 bridgehead atoms. The molecule has 0 aliphatic carbocycles. The first-order chi connectivity index (χ1) is 8.74. The smallest absolute Gasteiger partial charge is 0.412 e. The minimum Gasteiger partial charge on any atom is -0.478 e. The third kappa shape index (κ3) is 4.48. The number of carbonyl (C=O) groups excluding carboxylic acids is 1. The number of nitrogens with one attached hydrogen (secondary N) is 1. The monoisotopic (exact) mass is 283 g/mol. The Kier molecular flexibility index (Phi) is 4.83. The SMILES string of the molecule is CSc1cccc(C(=O)O)c1NC(=O)OC(C)(C)C. The Hall–Kier alpha value is -1.69. The van der Waals surface area contributed by atoms with Gasteiger partial charge in [0, 0.05) is 4.90 Å². The molecule has 0 fully saturated rings. The molecule has 0 saturated heterocycles. The summed E-state index contributed by atoms with van der Waals surface area (Å²) in [6, 6.07) is 4.81. The maximum absolute atomic E-state index is 11.7. The predicted octanol–water partition coefficient (Wildman–Crippen LogP) is 3.45. The van der Waals surface area contributed by atoms with Gasteiger partial charge in [-0.15, -0.1) is 11.8 Å². The van der Waals surface area contributed by atoms with Gasteiger partial charge in [-0.2, -0.15) is 0 Å². The van der Waals surface area contributed by atoms with E-state index in [2.05, 4.69) is 5.32 Å². The highest BCUT2D eigenvalue weighted by molar-refractivity contribution is 7.98. The van der Waals surface area contributed by atoms with E-state index in [-0.39, 0.29) is 11.3 Å². The Morgan fingerprint density at radius 2 is 1.95 bits per heavy atom. The number of carboxylic acid groups (broad SMARTS) is 1. The molecule has 1 aromatic carbocycles. The van der Waals surface area contributed by atoms with Crippen molar-refractivity contribution in [2.45, 2.75) is 31.3 Å². The number of para-hydroxylation sites is 1. The summed E-state index contributed by atoms with van der Waals surface area (Å²) in [6.45, 7) is 5.22. The van der Waals surface area contributed by atoms with Gasteiger partial charge in [-0.1, -0.05) is 6.07 Å². The Labute approximate surface area is 116 Å². The van der Waals surface area contributed by atoms with Crippen molar-refractivity contribution in [3.05, 3.63) is 23.8 Å². The number of thioether (sulfide) groups is 1. The van der Waals surface area contributed by atoms with E-state index in [1.807, 2.05) is 0 Å². The molecule has 0 aliphatic rings. The maximum atomic E-state index is 11.7. The molecule has 0 spiro atoms. The summed E-state index contributed by atoms with van der Waals surface area (Å²) < 4.78 is 5.12. The first-order valence-electron chi connectivity index (χ1n) is 5.65. The number of anilines is 1. The normalized spacial score (nSPS) is 10.9. The lowest BCUT2D eigenvalue weighted by Crippen LogP contribution is -2.28. The van der Waals surface area contributed by atoms with Crippen molar-refractivity contribution >= 4 is 29.5 Å². The average molecular weight is 283 g/mol. The van der Waals surface area contributed by atoms with Crippen molar-refractivity contribution in [2.75, 3.05) is 11.6 Å². The number of rotatable bonds is 3. The van der Waals surface area contributed by atoms with Crippen LogP contribution in [0.15, 0.2) is 23.1 Å². The first kappa shape index (κ1) is 15.4. The zero-order valence-electron chi connectivity index (χ0n) is 11.3. The molecule has 0 unspecified atom stereocenters. The zero-order chi connectivity index (χ0) is 14.6. The van der Waals surface area contributed by atoms with Crippen LogP contribution in [0.1, 0.15) is 31.1 Å². The van der Waals surface area contributed by atoms with Crippen molar-refractivity contribution < 1.29 is 19.4 Å². The molecule has 1 amide bonds. The van der Waals surface area contributed by atoms with Crippen LogP contribution in [0.4, 0.5) is 10.5 Å². The number of benzene rings is 1. The summed E-state index contributed by atoms with van der Waals surface area (Å²) in [4.78, 5) is 23.6. The number of amides is 1. The summed E-state index contributed by atoms with van der Waals surface area (Å²) >= 11 is 1.35. The minimum absolute atomic E-state index is 0.0395. The molecule has 6 heteroatoms. The Balaban J connectivity index is 3.05. The molecule has 1 aromatic rings. The summed E-state index contributed by atoms with van der Waals surface area (Å²) in [6.07, 6.45) is 1.14. The quantitative estimate of drug-likeness (QED) is 0.831. The van der Waals surface area contributed by atoms with Gasteiger partial charge >= 0.3 is 12.1 Å². The highest BCUT2D eigenvalue weighted by atomic mass is 32.2. The van der Waals surface area contributed by atoms with Gasteiger partial charge in [0.1, 0.15) is 5.60 Å². The molecule has 0 saturated carbocycles. The van der Waals surface area contributed by atoms with Gasteiger partial charge in [-0.05, 0) is 39.2 Å². The Morgan fingerprint density at radius 3 is 2.42 bits per heavy atom. The van der Waals surface area contributed by atoms with Crippen LogP contribution in [0.2, 0.25) is 0 Å². The van der Waals surface area contributed by atoms with E-state index in [4.69, 9.17) is 9.84 Å². The van der Waals surface area contributed by atoms with E-state index in [0.717, 1.165) is 0 Å². The fourth-order valence-electron chi connectivity index (χ4n) is 1.41. The Morgan fingerprint density at radius 1 is 1.32 bits per heavy atom. The standard InChI is InChI=1S/C13H17NO4S/c1-13(2,3)18-12(17)14-10-8(11(15)16)6-5-7-9(10)19-4/h5-7H,1-4H3,(H,14,17)(H,15,16). The van der Waals surface area contributed by atoms with Gasteiger partial charge in [0.05, 0.1) is 11.3 Å². The lowest BCUT2D eigenvalue weighted by atomic mass is 10.2. The molecule has 19 heavy (non-hydrogen) atoms. The molecule has 5 nitrogen and oxygen atoms in total. The van der Waals surface area contributed by atoms with Crippen LogP contribution in [0, 0.1) is 0 Å². The van der Waals surface area contributed by atoms with E-state index < -0.39 is 17.7 Å². The number of ether oxygens (including phenoxy) is 1. The van der Waals surface area contributed by atoms with Crippen LogP contribution < -0.4 is 5.32 Å². The number of hydrogen-bond acceptors (Lipinski definition) is 4. The van der Waals surface area contributed by atoms with Gasteiger partial charge in [0.15, 0.2) is 0 Å². The second-order valence-electron chi connectivity index (χ2n) is 4.81. The van der Waals surface area contributed by atoms with Crippen molar-refractivity contribution in [3.8, 4) is 0 Å². The molecule has 0 radical (unpaired) electrons. The van der Waals surface area contributed by atoms with Crippen LogP contribution >= 0.6 is 11.8 Å². The molecule has 0 aromatic heterocycles. The van der Waals surface area contributed by atoms with E-state index in [1.165, 1.54) is 17.8 Å². The fourth-order valence-corrected chi connectivity index (χ4v) is 1.99. The van der Waals surface area contributed by atoms with Crippen LogP contribution in [0.25, 0.3) is 0 Å². The number of carbonyl (C=O) groups is 2. The van der Waals surface area contributed by atoms with Crippen molar-refractivity contribution in [3.63, 3.8) is 0 Å². The van der Waals surface area contributed by atoms with Crippen LogP contribution in [-0.2, 0) is 4.74 Å². The predicted molar refractivity (Wildman–Crippen MR) is 75.0 cm³/mol. The molecular weight excluding hydrogens is 266 g/mol. The minimum atomic E-state index is -1.10. The molecule has 104 valence electrons. The summed E-state index contributed by atoms with van der Waals surface area (Å²) in [5.41, 5.74) is -0.337. The van der Waals surface area contributed by atoms with Crippen molar-refractivity contribution in [1.29, 1.82) is 0 Å². The first-order valence-corrected chi connectivity index (χ1v) is 6.87. The lowest BCUT2D eigenvalue weighted by molar-refractivity contribution is 0.0635. The van der Waals surface area contributed by atoms with Crippen LogP contribution in [0.3, 0.4) is 0 Å². The highest BCUT2D eigenvalue weighted by Gasteiger charge is 2.20. The molecule has 2 N–H and O–H groups in total. The van der Waals surface area contributed by atoms with Gasteiger partial charge in [-0.3, -0.25) is 5.32 Å².